The van der Waals surface area contributed by atoms with Crippen LogP contribution >= 0.6 is 0 Å². The molecule has 4 heteroatoms. The molecule has 55 heavy (non-hydrogen) atoms. The molecule has 10 rings (SSSR count). The van der Waals surface area contributed by atoms with Crippen LogP contribution in [0.5, 0.6) is 0 Å². The van der Waals surface area contributed by atoms with Crippen molar-refractivity contribution in [3.8, 4) is 56.4 Å². The Morgan fingerprint density at radius 1 is 0.455 bits per heavy atom. The summed E-state index contributed by atoms with van der Waals surface area (Å²) in [6.45, 7) is 0. The summed E-state index contributed by atoms with van der Waals surface area (Å²) in [4.78, 5) is 15.0. The number of allylic oxidation sites excluding steroid dienone is 5. The third kappa shape index (κ3) is 6.42. The fourth-order valence-electron chi connectivity index (χ4n) is 7.99. The highest BCUT2D eigenvalue weighted by Gasteiger charge is 2.28. The van der Waals surface area contributed by atoms with Gasteiger partial charge in [0.25, 0.3) is 0 Å². The lowest BCUT2D eigenvalue weighted by molar-refractivity contribution is 0.425. The summed E-state index contributed by atoms with van der Waals surface area (Å²) in [6.07, 6.45) is 13.6. The van der Waals surface area contributed by atoms with Crippen molar-refractivity contribution in [2.24, 2.45) is 11.8 Å². The molecule has 0 N–H and O–H groups in total. The van der Waals surface area contributed by atoms with Crippen LogP contribution in [0.4, 0.5) is 0 Å². The van der Waals surface area contributed by atoms with Crippen molar-refractivity contribution in [1.82, 2.24) is 15.0 Å². The number of rotatable bonds is 7. The van der Waals surface area contributed by atoms with Gasteiger partial charge in [-0.15, -0.1) is 0 Å². The molecule has 2 aromatic heterocycles. The zero-order valence-corrected chi connectivity index (χ0v) is 30.2. The molecule has 2 aliphatic rings. The van der Waals surface area contributed by atoms with E-state index in [9.17, 15) is 0 Å². The van der Waals surface area contributed by atoms with Gasteiger partial charge in [-0.05, 0) is 63.8 Å². The van der Waals surface area contributed by atoms with Gasteiger partial charge >= 0.3 is 0 Å². The number of nitrogens with zero attached hydrogens (tertiary/aromatic N) is 3. The van der Waals surface area contributed by atoms with Gasteiger partial charge in [0.2, 0.25) is 0 Å². The van der Waals surface area contributed by atoms with Crippen LogP contribution in [0.3, 0.4) is 0 Å². The minimum Gasteiger partial charge on any atom is -0.460 e. The van der Waals surface area contributed by atoms with Gasteiger partial charge in [0.1, 0.15) is 11.3 Å². The van der Waals surface area contributed by atoms with E-state index in [-0.39, 0.29) is 0 Å². The van der Waals surface area contributed by atoms with E-state index >= 15 is 0 Å². The highest BCUT2D eigenvalue weighted by Crippen LogP contribution is 2.41. The molecule has 8 aromatic rings. The van der Waals surface area contributed by atoms with Gasteiger partial charge in [0.15, 0.2) is 17.5 Å². The Labute approximate surface area is 320 Å². The second-order valence-corrected chi connectivity index (χ2v) is 14.3. The average Bonchev–Trinajstić information content (AvgIpc) is 3.66. The first-order chi connectivity index (χ1) is 27.2. The van der Waals surface area contributed by atoms with Gasteiger partial charge < -0.3 is 4.42 Å². The number of hydrogen-bond acceptors (Lipinski definition) is 4. The molecule has 0 amide bonds. The number of hydrogen-bond donors (Lipinski definition) is 0. The Kier molecular flexibility index (Phi) is 8.42. The quantitative estimate of drug-likeness (QED) is 0.165. The molecule has 2 aliphatic carbocycles. The summed E-state index contributed by atoms with van der Waals surface area (Å²) in [5.74, 6) is 3.68. The van der Waals surface area contributed by atoms with Gasteiger partial charge in [-0.2, -0.15) is 0 Å². The third-order valence-electron chi connectivity index (χ3n) is 10.9. The summed E-state index contributed by atoms with van der Waals surface area (Å²) < 4.78 is 6.62. The van der Waals surface area contributed by atoms with Crippen LogP contribution in [-0.4, -0.2) is 15.0 Å². The molecular formula is C51H37N3O. The van der Waals surface area contributed by atoms with Crippen LogP contribution in [-0.2, 0) is 6.42 Å². The van der Waals surface area contributed by atoms with Gasteiger partial charge in [-0.3, -0.25) is 0 Å². The lowest BCUT2D eigenvalue weighted by Crippen LogP contribution is -2.16. The smallest absolute Gasteiger partial charge is 0.164 e. The zero-order chi connectivity index (χ0) is 36.6. The molecule has 4 nitrogen and oxygen atoms in total. The van der Waals surface area contributed by atoms with Gasteiger partial charge in [0, 0.05) is 34.1 Å². The molecule has 262 valence electrons. The van der Waals surface area contributed by atoms with E-state index in [0.717, 1.165) is 51.8 Å². The molecule has 0 bridgehead atoms. The zero-order valence-electron chi connectivity index (χ0n) is 30.2. The lowest BCUT2D eigenvalue weighted by atomic mass is 9.79. The van der Waals surface area contributed by atoms with Gasteiger partial charge in [-0.1, -0.05) is 176 Å². The SMILES string of the molecule is C1=CC(C2C=Cc3c(oc4cccc(-c5nc(-c6ccccc6)nc(-c6ccccc6)n5)c34)C2)CC=C1c1cccc(-c2ccc(-c3ccccc3)cc2)c1. The highest BCUT2D eigenvalue weighted by molar-refractivity contribution is 6.00. The number of aromatic nitrogens is 3. The van der Waals surface area contributed by atoms with Crippen LogP contribution in [0.2, 0.25) is 0 Å². The molecule has 2 unspecified atom stereocenters. The summed E-state index contributed by atoms with van der Waals surface area (Å²) >= 11 is 0. The Balaban J connectivity index is 0.903. The first-order valence-corrected chi connectivity index (χ1v) is 19.0. The van der Waals surface area contributed by atoms with E-state index in [1.807, 2.05) is 66.7 Å². The van der Waals surface area contributed by atoms with Crippen molar-refractivity contribution in [2.45, 2.75) is 12.8 Å². The average molecular weight is 708 g/mol. The number of furan rings is 1. The van der Waals surface area contributed by atoms with Crippen molar-refractivity contribution in [3.63, 3.8) is 0 Å². The minimum absolute atomic E-state index is 0.339. The third-order valence-corrected chi connectivity index (χ3v) is 10.9. The molecule has 0 fully saturated rings. The summed E-state index contributed by atoms with van der Waals surface area (Å²) in [6, 6.07) is 54.7. The van der Waals surface area contributed by atoms with Gasteiger partial charge in [-0.25, -0.2) is 15.0 Å². The molecule has 0 saturated heterocycles. The maximum absolute atomic E-state index is 6.62. The number of fused-ring (bicyclic) bond motifs is 3. The standard InChI is InChI=1S/C51H37N3O/c1-4-12-34(13-5-1)35-22-24-36(25-23-35)41-18-10-19-42(32-41)37-26-28-38(29-27-37)43-30-31-44-47(33-43)55-46-21-11-20-45(48(44)46)51-53-49(39-14-6-2-7-15-39)52-50(54-51)40-16-8-3-9-17-40/h1-28,30-32,38,43H,29,33H2. The molecule has 0 radical (unpaired) electrons. The molecule has 2 heterocycles. The first kappa shape index (κ1) is 32.7. The Morgan fingerprint density at radius 3 is 1.65 bits per heavy atom. The number of benzene rings is 6. The molecule has 6 aromatic carbocycles. The van der Waals surface area contributed by atoms with Crippen molar-refractivity contribution >= 4 is 22.6 Å². The predicted molar refractivity (Wildman–Crippen MR) is 225 cm³/mol. The van der Waals surface area contributed by atoms with Crippen LogP contribution in [0.1, 0.15) is 23.3 Å². The first-order valence-electron chi connectivity index (χ1n) is 19.0. The van der Waals surface area contributed by atoms with E-state index < -0.39 is 0 Å². The maximum atomic E-state index is 6.62. The second kappa shape index (κ2) is 14.1. The predicted octanol–water partition coefficient (Wildman–Crippen LogP) is 12.8. The van der Waals surface area contributed by atoms with E-state index in [2.05, 4.69) is 121 Å². The largest absolute Gasteiger partial charge is 0.460 e. The van der Waals surface area contributed by atoms with Crippen LogP contribution in [0.25, 0.3) is 79.0 Å². The second-order valence-electron chi connectivity index (χ2n) is 14.3. The molecular weight excluding hydrogens is 671 g/mol. The minimum atomic E-state index is 0.339. The Hall–Kier alpha value is -6.91. The van der Waals surface area contributed by atoms with Crippen molar-refractivity contribution < 1.29 is 4.42 Å². The van der Waals surface area contributed by atoms with E-state index in [4.69, 9.17) is 19.4 Å². The fourth-order valence-corrected chi connectivity index (χ4v) is 7.99. The van der Waals surface area contributed by atoms with E-state index in [0.29, 0.717) is 29.3 Å². The summed E-state index contributed by atoms with van der Waals surface area (Å²) in [5.41, 5.74) is 12.3. The normalized spacial score (nSPS) is 16.2. The molecule has 0 saturated carbocycles. The van der Waals surface area contributed by atoms with Crippen LogP contribution in [0, 0.1) is 11.8 Å². The molecule has 2 atom stereocenters. The van der Waals surface area contributed by atoms with E-state index in [1.165, 1.54) is 33.4 Å². The van der Waals surface area contributed by atoms with E-state index in [1.54, 1.807) is 0 Å². The summed E-state index contributed by atoms with van der Waals surface area (Å²) in [7, 11) is 0. The van der Waals surface area contributed by atoms with Crippen molar-refractivity contribution in [3.05, 3.63) is 199 Å². The molecule has 0 aliphatic heterocycles. The highest BCUT2D eigenvalue weighted by atomic mass is 16.3. The van der Waals surface area contributed by atoms with Crippen molar-refractivity contribution in [1.29, 1.82) is 0 Å². The van der Waals surface area contributed by atoms with Crippen LogP contribution < -0.4 is 0 Å². The molecule has 0 spiro atoms. The summed E-state index contributed by atoms with van der Waals surface area (Å²) in [5, 5.41) is 1.05. The van der Waals surface area contributed by atoms with Gasteiger partial charge in [0.05, 0.1) is 0 Å². The van der Waals surface area contributed by atoms with Crippen LogP contribution in [0.15, 0.2) is 186 Å². The Bertz CT molecular complexity index is 2690. The topological polar surface area (TPSA) is 51.8 Å². The Morgan fingerprint density at radius 2 is 1.00 bits per heavy atom. The fraction of sp³-hybridized carbons (Fsp3) is 0.0784. The lowest BCUT2D eigenvalue weighted by Gasteiger charge is -2.25. The monoisotopic (exact) mass is 707 g/mol. The van der Waals surface area contributed by atoms with Crippen molar-refractivity contribution in [2.75, 3.05) is 0 Å². The maximum Gasteiger partial charge on any atom is 0.164 e.